The van der Waals surface area contributed by atoms with Crippen LogP contribution in [0.4, 0.5) is 0 Å². The molecule has 186 valence electrons. The third-order valence-electron chi connectivity index (χ3n) is 7.05. The minimum Gasteiger partial charge on any atom is -0.205 e. The number of hydrogen-bond acceptors (Lipinski definition) is 0. The van der Waals surface area contributed by atoms with E-state index in [2.05, 4.69) is 42.9 Å². The fraction of sp³-hybridized carbons (Fsp3) is 0.839. The summed E-state index contributed by atoms with van der Waals surface area (Å²) in [5.41, 5.74) is 1.52. The molecule has 1 heterocycles. The van der Waals surface area contributed by atoms with Gasteiger partial charge in [-0.05, 0) is 24.8 Å². The first kappa shape index (κ1) is 29.2. The molecule has 32 heavy (non-hydrogen) atoms. The maximum atomic E-state index is 2.38. The van der Waals surface area contributed by atoms with Crippen molar-refractivity contribution >= 4 is 0 Å². The van der Waals surface area contributed by atoms with E-state index in [-0.39, 0.29) is 0 Å². The first-order valence-corrected chi connectivity index (χ1v) is 14.8. The van der Waals surface area contributed by atoms with Crippen LogP contribution < -0.4 is 4.57 Å². The Morgan fingerprint density at radius 1 is 0.438 bits per heavy atom. The summed E-state index contributed by atoms with van der Waals surface area (Å²) in [4.78, 5) is 0. The van der Waals surface area contributed by atoms with Crippen LogP contribution in [0.25, 0.3) is 0 Å². The molecule has 0 amide bonds. The molecule has 0 unspecified atom stereocenters. The second kappa shape index (κ2) is 23.3. The van der Waals surface area contributed by atoms with Crippen molar-refractivity contribution in [2.45, 2.75) is 168 Å². The third kappa shape index (κ3) is 18.7. The molecule has 1 heteroatoms. The maximum absolute atomic E-state index is 2.38. The predicted octanol–water partition coefficient (Wildman–Crippen LogP) is 10.1. The van der Waals surface area contributed by atoms with Gasteiger partial charge < -0.3 is 0 Å². The van der Waals surface area contributed by atoms with E-state index in [0.29, 0.717) is 0 Å². The standard InChI is InChI=1S/C31H58N/c1-3-5-7-9-11-12-13-14-15-16-17-18-19-20-22-24-28-32-29-26-31(27-30-32)25-23-21-10-8-6-4-2/h26-27,29-30H,3-25,28H2,1-2H3/q+1. The molecule has 0 atom stereocenters. The van der Waals surface area contributed by atoms with Gasteiger partial charge >= 0.3 is 0 Å². The van der Waals surface area contributed by atoms with Gasteiger partial charge in [0.2, 0.25) is 0 Å². The van der Waals surface area contributed by atoms with E-state index >= 15 is 0 Å². The minimum atomic E-state index is 1.19. The van der Waals surface area contributed by atoms with Gasteiger partial charge in [0.05, 0.1) is 0 Å². The second-order valence-electron chi connectivity index (χ2n) is 10.3. The number of aromatic nitrogens is 1. The maximum Gasteiger partial charge on any atom is 0.169 e. The Hall–Kier alpha value is -0.850. The molecule has 0 saturated heterocycles. The van der Waals surface area contributed by atoms with E-state index < -0.39 is 0 Å². The van der Waals surface area contributed by atoms with E-state index in [0.717, 1.165) is 0 Å². The highest BCUT2D eigenvalue weighted by atomic mass is 14.9. The highest BCUT2D eigenvalue weighted by Gasteiger charge is 2.02. The van der Waals surface area contributed by atoms with Crippen molar-refractivity contribution < 1.29 is 4.57 Å². The van der Waals surface area contributed by atoms with Crippen LogP contribution in [0.2, 0.25) is 0 Å². The van der Waals surface area contributed by atoms with Crippen molar-refractivity contribution in [3.63, 3.8) is 0 Å². The van der Waals surface area contributed by atoms with Gasteiger partial charge in [0.15, 0.2) is 12.4 Å². The zero-order valence-electron chi connectivity index (χ0n) is 22.2. The van der Waals surface area contributed by atoms with Crippen LogP contribution in [0.1, 0.15) is 161 Å². The van der Waals surface area contributed by atoms with Crippen LogP contribution in [-0.4, -0.2) is 0 Å². The molecule has 0 N–H and O–H groups in total. The Morgan fingerprint density at radius 3 is 1.19 bits per heavy atom. The molecule has 1 rings (SSSR count). The molecule has 0 bridgehead atoms. The van der Waals surface area contributed by atoms with E-state index in [9.17, 15) is 0 Å². The fourth-order valence-electron chi connectivity index (χ4n) is 4.76. The quantitative estimate of drug-likeness (QED) is 0.110. The highest BCUT2D eigenvalue weighted by molar-refractivity contribution is 5.07. The van der Waals surface area contributed by atoms with Crippen molar-refractivity contribution in [1.82, 2.24) is 0 Å². The van der Waals surface area contributed by atoms with Crippen molar-refractivity contribution in [3.8, 4) is 0 Å². The number of aryl methyl sites for hydroxylation is 2. The second-order valence-corrected chi connectivity index (χ2v) is 10.3. The van der Waals surface area contributed by atoms with Gasteiger partial charge in [-0.1, -0.05) is 136 Å². The van der Waals surface area contributed by atoms with E-state index in [1.54, 1.807) is 0 Å². The average Bonchev–Trinajstić information content (AvgIpc) is 2.82. The number of pyridine rings is 1. The van der Waals surface area contributed by atoms with Crippen molar-refractivity contribution in [3.05, 3.63) is 30.1 Å². The van der Waals surface area contributed by atoms with Crippen LogP contribution >= 0.6 is 0 Å². The summed E-state index contributed by atoms with van der Waals surface area (Å²) in [6.07, 6.45) is 37.3. The first-order valence-electron chi connectivity index (χ1n) is 14.8. The molecule has 0 fully saturated rings. The SMILES string of the molecule is CCCCCCCCCCCCCCCCCC[n+]1ccc(CCCCCCCC)cc1. The van der Waals surface area contributed by atoms with Crippen LogP contribution in [0.3, 0.4) is 0 Å². The summed E-state index contributed by atoms with van der Waals surface area (Å²) in [5, 5.41) is 0. The molecule has 0 spiro atoms. The van der Waals surface area contributed by atoms with Gasteiger partial charge in [-0.3, -0.25) is 0 Å². The lowest BCUT2D eigenvalue weighted by atomic mass is 10.0. The zero-order chi connectivity index (χ0) is 23.0. The van der Waals surface area contributed by atoms with Crippen molar-refractivity contribution in [2.24, 2.45) is 0 Å². The first-order chi connectivity index (χ1) is 15.9. The largest absolute Gasteiger partial charge is 0.205 e. The summed E-state index contributed by atoms with van der Waals surface area (Å²) in [7, 11) is 0. The Morgan fingerprint density at radius 2 is 0.781 bits per heavy atom. The molecule has 0 aliphatic rings. The van der Waals surface area contributed by atoms with Crippen molar-refractivity contribution in [2.75, 3.05) is 0 Å². The average molecular weight is 445 g/mol. The van der Waals surface area contributed by atoms with Crippen LogP contribution in [0.5, 0.6) is 0 Å². The van der Waals surface area contributed by atoms with Gasteiger partial charge in [0.25, 0.3) is 0 Å². The molecule has 1 nitrogen and oxygen atoms in total. The molecular weight excluding hydrogens is 386 g/mol. The van der Waals surface area contributed by atoms with Crippen LogP contribution in [0, 0.1) is 0 Å². The third-order valence-corrected chi connectivity index (χ3v) is 7.05. The zero-order valence-corrected chi connectivity index (χ0v) is 22.2. The van der Waals surface area contributed by atoms with E-state index in [1.165, 1.54) is 160 Å². The number of unbranched alkanes of at least 4 members (excludes halogenated alkanes) is 20. The lowest BCUT2D eigenvalue weighted by Gasteiger charge is -2.04. The number of hydrogen-bond donors (Lipinski definition) is 0. The predicted molar refractivity (Wildman–Crippen MR) is 143 cm³/mol. The normalized spacial score (nSPS) is 11.3. The van der Waals surface area contributed by atoms with Crippen LogP contribution in [0.15, 0.2) is 24.5 Å². The minimum absolute atomic E-state index is 1.19. The fourth-order valence-corrected chi connectivity index (χ4v) is 4.76. The molecule has 0 aliphatic carbocycles. The Bertz CT molecular complexity index is 478. The molecule has 0 aromatic carbocycles. The van der Waals surface area contributed by atoms with Gasteiger partial charge in [0, 0.05) is 18.6 Å². The van der Waals surface area contributed by atoms with Crippen LogP contribution in [-0.2, 0) is 13.0 Å². The summed E-state index contributed by atoms with van der Waals surface area (Å²) in [6, 6.07) is 4.69. The molecule has 0 radical (unpaired) electrons. The number of rotatable bonds is 24. The highest BCUT2D eigenvalue weighted by Crippen LogP contribution is 2.14. The lowest BCUT2D eigenvalue weighted by molar-refractivity contribution is -0.697. The summed E-state index contributed by atoms with van der Waals surface area (Å²) in [5.74, 6) is 0. The smallest absolute Gasteiger partial charge is 0.169 e. The molecule has 0 saturated carbocycles. The van der Waals surface area contributed by atoms with Gasteiger partial charge in [-0.25, -0.2) is 4.57 Å². The van der Waals surface area contributed by atoms with E-state index in [1.807, 2.05) is 0 Å². The topological polar surface area (TPSA) is 3.88 Å². The summed E-state index contributed by atoms with van der Waals surface area (Å²) in [6.45, 7) is 5.78. The molecule has 1 aromatic rings. The monoisotopic (exact) mass is 444 g/mol. The van der Waals surface area contributed by atoms with Gasteiger partial charge in [-0.15, -0.1) is 0 Å². The Labute approximate surface area is 202 Å². The molecule has 0 aliphatic heterocycles. The van der Waals surface area contributed by atoms with Crippen molar-refractivity contribution in [1.29, 1.82) is 0 Å². The van der Waals surface area contributed by atoms with E-state index in [4.69, 9.17) is 0 Å². The number of nitrogens with zero attached hydrogens (tertiary/aromatic N) is 1. The molecular formula is C31H58N+. The Balaban J connectivity index is 1.84. The van der Waals surface area contributed by atoms with Gasteiger partial charge in [-0.2, -0.15) is 0 Å². The lowest BCUT2D eigenvalue weighted by Crippen LogP contribution is -2.32. The summed E-state index contributed by atoms with van der Waals surface area (Å²) < 4.78 is 2.38. The Kier molecular flexibility index (Phi) is 21.3. The van der Waals surface area contributed by atoms with Gasteiger partial charge in [0.1, 0.15) is 6.54 Å². The molecule has 1 aromatic heterocycles. The summed E-state index contributed by atoms with van der Waals surface area (Å²) >= 11 is 0.